The van der Waals surface area contributed by atoms with Crippen LogP contribution in [-0.4, -0.2) is 24.5 Å². The van der Waals surface area contributed by atoms with Crippen molar-refractivity contribution in [1.29, 1.82) is 0 Å². The number of rotatable bonds is 4. The van der Waals surface area contributed by atoms with Crippen LogP contribution in [0.3, 0.4) is 0 Å². The lowest BCUT2D eigenvalue weighted by atomic mass is 10.2. The Morgan fingerprint density at radius 3 is 2.88 bits per heavy atom. The average Bonchev–Trinajstić information content (AvgIpc) is 2.29. The van der Waals surface area contributed by atoms with Gasteiger partial charge in [0.15, 0.2) is 0 Å². The van der Waals surface area contributed by atoms with Crippen molar-refractivity contribution in [3.63, 3.8) is 0 Å². The van der Waals surface area contributed by atoms with Gasteiger partial charge in [0.05, 0.1) is 7.11 Å². The van der Waals surface area contributed by atoms with Crippen molar-refractivity contribution >= 4 is 43.5 Å². The Morgan fingerprint density at radius 1 is 1.56 bits per heavy atom. The van der Waals surface area contributed by atoms with Crippen LogP contribution in [-0.2, 0) is 9.53 Å². The number of halogens is 2. The van der Waals surface area contributed by atoms with Gasteiger partial charge in [0, 0.05) is 16.7 Å². The van der Waals surface area contributed by atoms with Gasteiger partial charge in [-0.15, -0.1) is 0 Å². The van der Waals surface area contributed by atoms with Crippen molar-refractivity contribution < 1.29 is 9.53 Å². The molecule has 0 saturated carbocycles. The maximum absolute atomic E-state index is 11.2. The van der Waals surface area contributed by atoms with Crippen molar-refractivity contribution in [3.8, 4) is 0 Å². The number of hydrogen-bond acceptors (Lipinski definition) is 3. The predicted octanol–water partition coefficient (Wildman–Crippen LogP) is 3.11. The zero-order chi connectivity index (χ0) is 12.1. The Balaban J connectivity index is 2.61. The molecule has 88 valence electrons. The molecule has 1 atom stereocenters. The molecule has 0 spiro atoms. The summed E-state index contributed by atoms with van der Waals surface area (Å²) in [6.45, 7) is 2.50. The molecular weight excluding hydrogens is 338 g/mol. The molecule has 16 heavy (non-hydrogen) atoms. The normalized spacial score (nSPS) is 12.0. The molecule has 1 aromatic carbocycles. The van der Waals surface area contributed by atoms with E-state index in [1.54, 1.807) is 0 Å². The van der Waals surface area contributed by atoms with E-state index in [1.165, 1.54) is 7.11 Å². The molecule has 0 aliphatic heterocycles. The van der Waals surface area contributed by atoms with Gasteiger partial charge in [-0.1, -0.05) is 37.9 Å². The average molecular weight is 351 g/mol. The number of esters is 1. The summed E-state index contributed by atoms with van der Waals surface area (Å²) in [7, 11) is 1.38. The number of benzene rings is 1. The molecule has 1 rings (SSSR count). The van der Waals surface area contributed by atoms with Crippen LogP contribution in [0.4, 0.5) is 5.69 Å². The number of carbonyl (C=O) groups excluding carboxylic acids is 1. The fraction of sp³-hybridized carbons (Fsp3) is 0.364. The van der Waals surface area contributed by atoms with Gasteiger partial charge in [-0.05, 0) is 24.6 Å². The standard InChI is InChI=1S/C11H13Br2NO2/c1-7-8(12)4-3-5-10(7)14-6-9(13)11(15)16-2/h3-5,9,14H,6H2,1-2H3. The number of methoxy groups -OCH3 is 1. The Kier molecular flexibility index (Phi) is 5.28. The molecule has 1 aromatic rings. The van der Waals surface area contributed by atoms with Gasteiger partial charge in [0.25, 0.3) is 0 Å². The minimum atomic E-state index is -0.337. The molecule has 0 aliphatic carbocycles. The fourth-order valence-corrected chi connectivity index (χ4v) is 1.92. The highest BCUT2D eigenvalue weighted by atomic mass is 79.9. The molecule has 0 aliphatic rings. The molecule has 0 bridgehead atoms. The zero-order valence-corrected chi connectivity index (χ0v) is 12.3. The molecule has 3 nitrogen and oxygen atoms in total. The largest absolute Gasteiger partial charge is 0.468 e. The van der Waals surface area contributed by atoms with Crippen LogP contribution in [0.15, 0.2) is 22.7 Å². The highest BCUT2D eigenvalue weighted by Gasteiger charge is 2.14. The van der Waals surface area contributed by atoms with E-state index in [1.807, 2.05) is 25.1 Å². The Hall–Kier alpha value is -0.550. The zero-order valence-electron chi connectivity index (χ0n) is 9.09. The number of hydrogen-bond donors (Lipinski definition) is 1. The molecule has 0 radical (unpaired) electrons. The van der Waals surface area contributed by atoms with E-state index in [9.17, 15) is 4.79 Å². The topological polar surface area (TPSA) is 38.3 Å². The molecule has 0 saturated heterocycles. The van der Waals surface area contributed by atoms with Crippen LogP contribution >= 0.6 is 31.9 Å². The second kappa shape index (κ2) is 6.25. The van der Waals surface area contributed by atoms with Gasteiger partial charge >= 0.3 is 5.97 Å². The number of carbonyl (C=O) groups is 1. The Labute approximate surface area is 112 Å². The quantitative estimate of drug-likeness (QED) is 0.669. The summed E-state index contributed by atoms with van der Waals surface area (Å²) in [5.41, 5.74) is 2.12. The van der Waals surface area contributed by atoms with E-state index in [0.29, 0.717) is 6.54 Å². The second-order valence-corrected chi connectivity index (χ2v) is 5.24. The Morgan fingerprint density at radius 2 is 2.25 bits per heavy atom. The number of alkyl halides is 1. The van der Waals surface area contributed by atoms with Crippen LogP contribution in [0.2, 0.25) is 0 Å². The van der Waals surface area contributed by atoms with Crippen LogP contribution < -0.4 is 5.32 Å². The van der Waals surface area contributed by atoms with Gasteiger partial charge in [-0.2, -0.15) is 0 Å². The van der Waals surface area contributed by atoms with Crippen LogP contribution in [0.25, 0.3) is 0 Å². The van der Waals surface area contributed by atoms with E-state index in [0.717, 1.165) is 15.7 Å². The van der Waals surface area contributed by atoms with Crippen molar-refractivity contribution in [2.75, 3.05) is 19.0 Å². The molecular formula is C11H13Br2NO2. The Bertz CT molecular complexity index is 382. The molecule has 0 aromatic heterocycles. The van der Waals surface area contributed by atoms with Gasteiger partial charge < -0.3 is 10.1 Å². The minimum Gasteiger partial charge on any atom is -0.468 e. The summed E-state index contributed by atoms with van der Waals surface area (Å²) in [6, 6.07) is 5.89. The van der Waals surface area contributed by atoms with E-state index in [2.05, 4.69) is 41.9 Å². The maximum atomic E-state index is 11.2. The molecule has 0 heterocycles. The fourth-order valence-electron chi connectivity index (χ4n) is 1.21. The maximum Gasteiger partial charge on any atom is 0.321 e. The van der Waals surface area contributed by atoms with E-state index in [-0.39, 0.29) is 10.8 Å². The van der Waals surface area contributed by atoms with Crippen LogP contribution in [0.5, 0.6) is 0 Å². The number of anilines is 1. The van der Waals surface area contributed by atoms with Crippen LogP contribution in [0, 0.1) is 6.92 Å². The molecule has 1 N–H and O–H groups in total. The lowest BCUT2D eigenvalue weighted by Gasteiger charge is -2.13. The van der Waals surface area contributed by atoms with Gasteiger partial charge in [0.1, 0.15) is 4.83 Å². The summed E-state index contributed by atoms with van der Waals surface area (Å²) in [5, 5.41) is 3.19. The summed E-state index contributed by atoms with van der Waals surface area (Å²) >= 11 is 6.71. The first-order chi connectivity index (χ1) is 7.56. The number of ether oxygens (including phenoxy) is 1. The van der Waals surface area contributed by atoms with Gasteiger partial charge in [-0.25, -0.2) is 0 Å². The third-order valence-corrected chi connectivity index (χ3v) is 3.75. The predicted molar refractivity (Wildman–Crippen MR) is 72.1 cm³/mol. The highest BCUT2D eigenvalue weighted by Crippen LogP contribution is 2.23. The van der Waals surface area contributed by atoms with E-state index in [4.69, 9.17) is 0 Å². The van der Waals surface area contributed by atoms with Crippen molar-refractivity contribution in [2.45, 2.75) is 11.8 Å². The highest BCUT2D eigenvalue weighted by molar-refractivity contribution is 9.10. The van der Waals surface area contributed by atoms with Gasteiger partial charge in [0.2, 0.25) is 0 Å². The summed E-state index contributed by atoms with van der Waals surface area (Å²) in [6.07, 6.45) is 0. The van der Waals surface area contributed by atoms with E-state index < -0.39 is 0 Å². The monoisotopic (exact) mass is 349 g/mol. The lowest BCUT2D eigenvalue weighted by Crippen LogP contribution is -2.24. The van der Waals surface area contributed by atoms with Crippen molar-refractivity contribution in [1.82, 2.24) is 0 Å². The molecule has 1 unspecified atom stereocenters. The smallest absolute Gasteiger partial charge is 0.321 e. The third kappa shape index (κ3) is 3.49. The van der Waals surface area contributed by atoms with Gasteiger partial charge in [-0.3, -0.25) is 4.79 Å². The molecule has 5 heteroatoms. The lowest BCUT2D eigenvalue weighted by molar-refractivity contribution is -0.139. The first-order valence-corrected chi connectivity index (χ1v) is 6.48. The summed E-state index contributed by atoms with van der Waals surface area (Å²) in [4.78, 5) is 10.8. The van der Waals surface area contributed by atoms with Crippen molar-refractivity contribution in [3.05, 3.63) is 28.2 Å². The molecule has 0 amide bonds. The van der Waals surface area contributed by atoms with E-state index >= 15 is 0 Å². The van der Waals surface area contributed by atoms with Crippen LogP contribution in [0.1, 0.15) is 5.56 Å². The first-order valence-electron chi connectivity index (χ1n) is 4.77. The second-order valence-electron chi connectivity index (χ2n) is 3.28. The SMILES string of the molecule is COC(=O)C(Br)CNc1cccc(Br)c1C. The molecule has 0 fully saturated rings. The number of nitrogens with one attached hydrogen (secondary N) is 1. The first kappa shape index (κ1) is 13.5. The van der Waals surface area contributed by atoms with Crippen molar-refractivity contribution in [2.24, 2.45) is 0 Å². The third-order valence-electron chi connectivity index (χ3n) is 2.20. The summed E-state index contributed by atoms with van der Waals surface area (Å²) in [5.74, 6) is -0.278. The minimum absolute atomic E-state index is 0.278. The summed E-state index contributed by atoms with van der Waals surface area (Å²) < 4.78 is 5.66.